The summed E-state index contributed by atoms with van der Waals surface area (Å²) in [4.78, 5) is 4.71. The average molecular weight is 488 g/mol. The third-order valence-electron chi connectivity index (χ3n) is 3.92. The number of aryl methyl sites for hydroxylation is 2. The summed E-state index contributed by atoms with van der Waals surface area (Å²) < 4.78 is 1.99. The molecule has 2 N–H and O–H groups in total. The first-order valence-electron chi connectivity index (χ1n) is 8.51. The van der Waals surface area contributed by atoms with Crippen LogP contribution >= 0.6 is 35.7 Å². The summed E-state index contributed by atoms with van der Waals surface area (Å²) in [6, 6.07) is 8.44. The van der Waals surface area contributed by atoms with Crippen LogP contribution in [0, 0.1) is 13.8 Å². The zero-order chi connectivity index (χ0) is 18.1. The number of guanidine groups is 1. The Labute approximate surface area is 177 Å². The van der Waals surface area contributed by atoms with E-state index in [4.69, 9.17) is 4.99 Å². The van der Waals surface area contributed by atoms with Crippen LogP contribution in [0.15, 0.2) is 29.3 Å². The molecule has 0 aliphatic rings. The van der Waals surface area contributed by atoms with Crippen LogP contribution in [0.2, 0.25) is 0 Å². The highest BCUT2D eigenvalue weighted by Crippen LogP contribution is 2.05. The predicted molar refractivity (Wildman–Crippen MR) is 121 cm³/mol. The lowest BCUT2D eigenvalue weighted by molar-refractivity contribution is 0.711. The van der Waals surface area contributed by atoms with Gasteiger partial charge in [-0.15, -0.1) is 34.2 Å². The van der Waals surface area contributed by atoms with Gasteiger partial charge in [0.25, 0.3) is 0 Å². The van der Waals surface area contributed by atoms with Gasteiger partial charge >= 0.3 is 0 Å². The highest BCUT2D eigenvalue weighted by atomic mass is 127. The van der Waals surface area contributed by atoms with Gasteiger partial charge < -0.3 is 15.2 Å². The number of aliphatic imine (C=N–C) groups is 1. The molecule has 0 aliphatic heterocycles. The smallest absolute Gasteiger partial charge is 0.191 e. The number of nitrogens with one attached hydrogen (secondary N) is 2. The largest absolute Gasteiger partial charge is 0.356 e. The Morgan fingerprint density at radius 3 is 2.69 bits per heavy atom. The summed E-state index contributed by atoms with van der Waals surface area (Å²) >= 11 is 1.86. The van der Waals surface area contributed by atoms with Crippen LogP contribution in [0.1, 0.15) is 29.2 Å². The van der Waals surface area contributed by atoms with Crippen molar-refractivity contribution in [1.29, 1.82) is 0 Å². The van der Waals surface area contributed by atoms with E-state index in [9.17, 15) is 0 Å². The first-order chi connectivity index (χ1) is 12.1. The first kappa shape index (κ1) is 22.8. The van der Waals surface area contributed by atoms with Gasteiger partial charge in [-0.05, 0) is 37.8 Å². The van der Waals surface area contributed by atoms with Crippen molar-refractivity contribution in [3.05, 3.63) is 47.0 Å². The molecule has 0 aliphatic carbocycles. The summed E-state index contributed by atoms with van der Waals surface area (Å²) in [5.41, 5.74) is 2.46. The molecule has 0 atom stereocenters. The summed E-state index contributed by atoms with van der Waals surface area (Å²) in [6.07, 6.45) is 3.23. The third kappa shape index (κ3) is 7.53. The van der Waals surface area contributed by atoms with Gasteiger partial charge in [-0.3, -0.25) is 0 Å². The van der Waals surface area contributed by atoms with Crippen LogP contribution in [0.5, 0.6) is 0 Å². The highest BCUT2D eigenvalue weighted by Gasteiger charge is 2.06. The van der Waals surface area contributed by atoms with E-state index in [0.717, 1.165) is 36.3 Å². The van der Waals surface area contributed by atoms with Crippen molar-refractivity contribution in [1.82, 2.24) is 25.4 Å². The highest BCUT2D eigenvalue weighted by molar-refractivity contribution is 14.0. The normalized spacial score (nSPS) is 11.2. The van der Waals surface area contributed by atoms with E-state index < -0.39 is 0 Å². The van der Waals surface area contributed by atoms with Crippen LogP contribution in [0.4, 0.5) is 0 Å². The molecule has 0 radical (unpaired) electrons. The van der Waals surface area contributed by atoms with E-state index in [2.05, 4.69) is 58.3 Å². The van der Waals surface area contributed by atoms with Crippen LogP contribution in [-0.4, -0.2) is 39.3 Å². The minimum Gasteiger partial charge on any atom is -0.356 e. The van der Waals surface area contributed by atoms with Crippen LogP contribution in [0.25, 0.3) is 0 Å². The number of aromatic nitrogens is 3. The average Bonchev–Trinajstić information content (AvgIpc) is 2.92. The molecule has 0 saturated carbocycles. The molecule has 1 aromatic heterocycles. The number of rotatable bonds is 8. The van der Waals surface area contributed by atoms with E-state index in [1.807, 2.05) is 30.3 Å². The lowest BCUT2D eigenvalue weighted by Gasteiger charge is -2.12. The van der Waals surface area contributed by atoms with Gasteiger partial charge in [0.2, 0.25) is 0 Å². The standard InChI is InChI=1S/C18H28N6S.HI/c1-14-7-5-8-16(11-14)12-20-18(19-9-6-10-25-4)21-13-17-23-22-15(2)24(17)3;/h5,7-8,11H,6,9-10,12-13H2,1-4H3,(H2,19,20,21);1H. The molecule has 2 rings (SSSR count). The molecule has 0 unspecified atom stereocenters. The SMILES string of the molecule is CSCCCNC(=NCc1cccc(C)c1)NCc1nnc(C)n1C.I. The number of thioether (sulfide) groups is 1. The fourth-order valence-electron chi connectivity index (χ4n) is 2.35. The van der Waals surface area contributed by atoms with E-state index >= 15 is 0 Å². The van der Waals surface area contributed by atoms with E-state index in [-0.39, 0.29) is 24.0 Å². The number of hydrogen-bond donors (Lipinski definition) is 2. The maximum Gasteiger partial charge on any atom is 0.191 e. The molecule has 2 aromatic rings. The Kier molecular flexibility index (Phi) is 10.6. The second-order valence-electron chi connectivity index (χ2n) is 6.00. The summed E-state index contributed by atoms with van der Waals surface area (Å²) in [5, 5.41) is 15.0. The van der Waals surface area contributed by atoms with Gasteiger partial charge in [0.1, 0.15) is 5.82 Å². The quantitative estimate of drug-likeness (QED) is 0.259. The van der Waals surface area contributed by atoms with Gasteiger partial charge in [0, 0.05) is 13.6 Å². The lowest BCUT2D eigenvalue weighted by atomic mass is 10.1. The molecule has 1 aromatic carbocycles. The van der Waals surface area contributed by atoms with Gasteiger partial charge in [-0.2, -0.15) is 11.8 Å². The zero-order valence-electron chi connectivity index (χ0n) is 16.0. The molecule has 0 bridgehead atoms. The fraction of sp³-hybridized carbons (Fsp3) is 0.500. The van der Waals surface area contributed by atoms with Crippen molar-refractivity contribution < 1.29 is 0 Å². The molecule has 0 amide bonds. The third-order valence-corrected chi connectivity index (χ3v) is 4.61. The van der Waals surface area contributed by atoms with Crippen molar-refractivity contribution in [2.24, 2.45) is 12.0 Å². The van der Waals surface area contributed by atoms with Crippen molar-refractivity contribution in [2.45, 2.75) is 33.4 Å². The molecule has 0 fully saturated rings. The predicted octanol–water partition coefficient (Wildman–Crippen LogP) is 3.04. The zero-order valence-corrected chi connectivity index (χ0v) is 19.1. The van der Waals surface area contributed by atoms with Crippen molar-refractivity contribution >= 4 is 41.7 Å². The molecule has 144 valence electrons. The molecular formula is C18H29IN6S. The van der Waals surface area contributed by atoms with Gasteiger partial charge in [-0.1, -0.05) is 29.8 Å². The first-order valence-corrected chi connectivity index (χ1v) is 9.91. The second kappa shape index (κ2) is 12.2. The Morgan fingerprint density at radius 1 is 1.23 bits per heavy atom. The molecular weight excluding hydrogens is 459 g/mol. The minimum absolute atomic E-state index is 0. The van der Waals surface area contributed by atoms with Gasteiger partial charge in [-0.25, -0.2) is 4.99 Å². The van der Waals surface area contributed by atoms with E-state index in [0.29, 0.717) is 13.1 Å². The molecule has 26 heavy (non-hydrogen) atoms. The Hall–Kier alpha value is -1.29. The number of nitrogens with zero attached hydrogens (tertiary/aromatic N) is 4. The molecule has 0 spiro atoms. The Morgan fingerprint density at radius 2 is 2.04 bits per heavy atom. The topological polar surface area (TPSA) is 67.1 Å². The molecule has 6 nitrogen and oxygen atoms in total. The second-order valence-corrected chi connectivity index (χ2v) is 6.99. The number of hydrogen-bond acceptors (Lipinski definition) is 4. The summed E-state index contributed by atoms with van der Waals surface area (Å²) in [5.74, 6) is 3.75. The monoisotopic (exact) mass is 488 g/mol. The molecule has 0 saturated heterocycles. The van der Waals surface area contributed by atoms with E-state index in [1.165, 1.54) is 11.1 Å². The van der Waals surface area contributed by atoms with Crippen molar-refractivity contribution in [3.8, 4) is 0 Å². The van der Waals surface area contributed by atoms with Crippen molar-refractivity contribution in [3.63, 3.8) is 0 Å². The lowest BCUT2D eigenvalue weighted by Crippen LogP contribution is -2.38. The maximum absolute atomic E-state index is 4.71. The summed E-state index contributed by atoms with van der Waals surface area (Å²) in [6.45, 7) is 6.20. The Bertz CT molecular complexity index is 701. The van der Waals surface area contributed by atoms with Crippen molar-refractivity contribution in [2.75, 3.05) is 18.6 Å². The number of halogens is 1. The van der Waals surface area contributed by atoms with Crippen LogP contribution < -0.4 is 10.6 Å². The Balaban J connectivity index is 0.00000338. The fourth-order valence-corrected chi connectivity index (χ4v) is 2.78. The van der Waals surface area contributed by atoms with Crippen LogP contribution in [0.3, 0.4) is 0 Å². The maximum atomic E-state index is 4.71. The molecule has 8 heteroatoms. The van der Waals surface area contributed by atoms with Gasteiger partial charge in [0.15, 0.2) is 11.8 Å². The minimum atomic E-state index is 0. The summed E-state index contributed by atoms with van der Waals surface area (Å²) in [7, 11) is 1.97. The van der Waals surface area contributed by atoms with Crippen LogP contribution in [-0.2, 0) is 20.1 Å². The van der Waals surface area contributed by atoms with E-state index in [1.54, 1.807) is 0 Å². The molecule has 1 heterocycles. The number of benzene rings is 1. The van der Waals surface area contributed by atoms with Gasteiger partial charge in [0.05, 0.1) is 13.1 Å².